The Morgan fingerprint density at radius 1 is 1.00 bits per heavy atom. The molecule has 1 aliphatic rings. The Bertz CT molecular complexity index is 567. The molecule has 0 saturated carbocycles. The highest BCUT2D eigenvalue weighted by atomic mass is 16.6. The van der Waals surface area contributed by atoms with E-state index in [1.54, 1.807) is 6.20 Å². The third kappa shape index (κ3) is 2.32. The van der Waals surface area contributed by atoms with E-state index >= 15 is 0 Å². The van der Waals surface area contributed by atoms with Gasteiger partial charge in [-0.15, -0.1) is 0 Å². The normalized spacial score (nSPS) is 13.8. The van der Waals surface area contributed by atoms with Gasteiger partial charge < -0.3 is 9.47 Å². The average Bonchev–Trinajstić information content (AvgIpc) is 2.46. The molecule has 0 unspecified atom stereocenters. The fraction of sp³-hybridized carbons (Fsp3) is 0.143. The minimum absolute atomic E-state index is 0.518. The molecule has 0 saturated heterocycles. The van der Waals surface area contributed by atoms with Crippen LogP contribution in [0.2, 0.25) is 0 Å². The van der Waals surface area contributed by atoms with E-state index in [1.807, 2.05) is 42.5 Å². The second kappa shape index (κ2) is 4.87. The van der Waals surface area contributed by atoms with Gasteiger partial charge in [0.2, 0.25) is 0 Å². The highest BCUT2D eigenvalue weighted by molar-refractivity contribution is 5.66. The van der Waals surface area contributed by atoms with E-state index in [4.69, 9.17) is 9.47 Å². The van der Waals surface area contributed by atoms with E-state index in [2.05, 4.69) is 9.97 Å². The van der Waals surface area contributed by atoms with Crippen molar-refractivity contribution < 1.29 is 9.47 Å². The number of hydrogen-bond donors (Lipinski definition) is 0. The largest absolute Gasteiger partial charge is 0.483 e. The predicted octanol–water partition coefficient (Wildman–Crippen LogP) is 2.42. The highest BCUT2D eigenvalue weighted by Gasteiger charge is 2.13. The molecule has 4 nitrogen and oxygen atoms in total. The van der Waals surface area contributed by atoms with E-state index in [9.17, 15) is 0 Å². The average molecular weight is 240 g/mol. The van der Waals surface area contributed by atoms with Crippen LogP contribution in [-0.2, 0) is 0 Å². The number of benzene rings is 1. The van der Waals surface area contributed by atoms with E-state index in [0.717, 1.165) is 5.56 Å². The summed E-state index contributed by atoms with van der Waals surface area (Å²) in [5, 5.41) is 0. The highest BCUT2D eigenvalue weighted by Crippen LogP contribution is 2.26. The zero-order chi connectivity index (χ0) is 12.2. The van der Waals surface area contributed by atoms with Crippen molar-refractivity contribution in [2.75, 3.05) is 13.2 Å². The topological polar surface area (TPSA) is 44.2 Å². The molecule has 2 aromatic rings. The van der Waals surface area contributed by atoms with Gasteiger partial charge in [0.05, 0.1) is 6.20 Å². The van der Waals surface area contributed by atoms with Crippen molar-refractivity contribution in [3.8, 4) is 11.6 Å². The molecular formula is C14H12N2O2. The Balaban J connectivity index is 1.83. The summed E-state index contributed by atoms with van der Waals surface area (Å²) >= 11 is 0. The quantitative estimate of drug-likeness (QED) is 0.808. The summed E-state index contributed by atoms with van der Waals surface area (Å²) in [4.78, 5) is 8.49. The van der Waals surface area contributed by atoms with Crippen LogP contribution in [0.5, 0.6) is 11.6 Å². The van der Waals surface area contributed by atoms with Gasteiger partial charge in [-0.2, -0.15) is 4.98 Å². The van der Waals surface area contributed by atoms with Crippen LogP contribution in [0.25, 0.3) is 12.2 Å². The molecule has 18 heavy (non-hydrogen) atoms. The Morgan fingerprint density at radius 2 is 1.83 bits per heavy atom. The molecule has 0 radical (unpaired) electrons. The lowest BCUT2D eigenvalue weighted by Gasteiger charge is -2.16. The van der Waals surface area contributed by atoms with Gasteiger partial charge in [0.25, 0.3) is 5.88 Å². The number of hydrogen-bond acceptors (Lipinski definition) is 4. The Hall–Kier alpha value is -2.36. The number of ether oxygens (including phenoxy) is 2. The number of rotatable bonds is 2. The van der Waals surface area contributed by atoms with E-state index < -0.39 is 0 Å². The molecular weight excluding hydrogens is 228 g/mol. The molecule has 0 atom stereocenters. The van der Waals surface area contributed by atoms with Gasteiger partial charge in [-0.1, -0.05) is 36.4 Å². The van der Waals surface area contributed by atoms with Crippen LogP contribution < -0.4 is 9.47 Å². The monoisotopic (exact) mass is 240 g/mol. The van der Waals surface area contributed by atoms with Crippen molar-refractivity contribution in [3.05, 3.63) is 47.9 Å². The summed E-state index contributed by atoms with van der Waals surface area (Å²) in [7, 11) is 0. The molecule has 0 amide bonds. The lowest BCUT2D eigenvalue weighted by molar-refractivity contribution is 0.163. The van der Waals surface area contributed by atoms with Crippen molar-refractivity contribution >= 4 is 12.2 Å². The molecule has 4 heteroatoms. The first-order valence-corrected chi connectivity index (χ1v) is 5.77. The van der Waals surface area contributed by atoms with Crippen molar-refractivity contribution in [2.45, 2.75) is 0 Å². The van der Waals surface area contributed by atoms with Crippen LogP contribution in [0, 0.1) is 0 Å². The SMILES string of the molecule is C(=C\c1ncc2c(n1)OCCO2)/c1ccccc1. The Morgan fingerprint density at radius 3 is 2.72 bits per heavy atom. The Labute approximate surface area is 105 Å². The summed E-state index contributed by atoms with van der Waals surface area (Å²) in [6.45, 7) is 1.08. The molecule has 0 bridgehead atoms. The summed E-state index contributed by atoms with van der Waals surface area (Å²) in [6.07, 6.45) is 5.46. The van der Waals surface area contributed by atoms with Gasteiger partial charge >= 0.3 is 0 Å². The summed E-state index contributed by atoms with van der Waals surface area (Å²) < 4.78 is 10.8. The van der Waals surface area contributed by atoms with Crippen LogP contribution >= 0.6 is 0 Å². The van der Waals surface area contributed by atoms with E-state index in [-0.39, 0.29) is 0 Å². The predicted molar refractivity (Wildman–Crippen MR) is 68.4 cm³/mol. The van der Waals surface area contributed by atoms with Gasteiger partial charge in [-0.25, -0.2) is 4.98 Å². The maximum absolute atomic E-state index is 5.41. The number of nitrogens with zero attached hydrogens (tertiary/aromatic N) is 2. The number of aromatic nitrogens is 2. The first-order chi connectivity index (χ1) is 8.92. The maximum atomic E-state index is 5.41. The third-order valence-corrected chi connectivity index (χ3v) is 2.55. The minimum atomic E-state index is 0.518. The first kappa shape index (κ1) is 10.8. The fourth-order valence-corrected chi connectivity index (χ4v) is 1.68. The van der Waals surface area contributed by atoms with Crippen molar-refractivity contribution in [1.82, 2.24) is 9.97 Å². The molecule has 1 aliphatic heterocycles. The van der Waals surface area contributed by atoms with Crippen molar-refractivity contribution in [3.63, 3.8) is 0 Å². The lowest BCUT2D eigenvalue weighted by Crippen LogP contribution is -2.16. The molecule has 1 aromatic heterocycles. The third-order valence-electron chi connectivity index (χ3n) is 2.55. The van der Waals surface area contributed by atoms with Gasteiger partial charge in [-0.05, 0) is 11.6 Å². The molecule has 0 N–H and O–H groups in total. The molecule has 1 aromatic carbocycles. The van der Waals surface area contributed by atoms with Crippen LogP contribution in [0.4, 0.5) is 0 Å². The van der Waals surface area contributed by atoms with Gasteiger partial charge in [0.1, 0.15) is 13.2 Å². The fourth-order valence-electron chi connectivity index (χ4n) is 1.68. The lowest BCUT2D eigenvalue weighted by atomic mass is 10.2. The van der Waals surface area contributed by atoms with Gasteiger partial charge in [0, 0.05) is 0 Å². The smallest absolute Gasteiger partial charge is 0.260 e. The van der Waals surface area contributed by atoms with Crippen molar-refractivity contribution in [1.29, 1.82) is 0 Å². The van der Waals surface area contributed by atoms with Gasteiger partial charge in [0.15, 0.2) is 11.6 Å². The molecule has 3 rings (SSSR count). The summed E-state index contributed by atoms with van der Waals surface area (Å²) in [6, 6.07) is 10.0. The zero-order valence-corrected chi connectivity index (χ0v) is 9.74. The van der Waals surface area contributed by atoms with Gasteiger partial charge in [-0.3, -0.25) is 0 Å². The van der Waals surface area contributed by atoms with Crippen LogP contribution in [-0.4, -0.2) is 23.2 Å². The molecule has 2 heterocycles. The second-order valence-electron chi connectivity index (χ2n) is 3.84. The molecule has 90 valence electrons. The molecule has 0 spiro atoms. The van der Waals surface area contributed by atoms with E-state index in [1.165, 1.54) is 0 Å². The maximum Gasteiger partial charge on any atom is 0.260 e. The number of fused-ring (bicyclic) bond motifs is 1. The summed E-state index contributed by atoms with van der Waals surface area (Å²) in [5.74, 6) is 1.74. The van der Waals surface area contributed by atoms with Crippen LogP contribution in [0.3, 0.4) is 0 Å². The molecule has 0 aliphatic carbocycles. The first-order valence-electron chi connectivity index (χ1n) is 5.77. The Kier molecular flexibility index (Phi) is 2.92. The van der Waals surface area contributed by atoms with Crippen LogP contribution in [0.15, 0.2) is 36.5 Å². The van der Waals surface area contributed by atoms with E-state index in [0.29, 0.717) is 30.7 Å². The standard InChI is InChI=1S/C14H12N2O2/c1-2-4-11(5-3-1)6-7-13-15-10-12-14(16-13)18-9-8-17-12/h1-7,10H,8-9H2/b7-6+. The second-order valence-corrected chi connectivity index (χ2v) is 3.84. The summed E-state index contributed by atoms with van der Waals surface area (Å²) in [5.41, 5.74) is 1.11. The molecule has 0 fully saturated rings. The zero-order valence-electron chi connectivity index (χ0n) is 9.74. The minimum Gasteiger partial charge on any atom is -0.483 e. The van der Waals surface area contributed by atoms with Crippen molar-refractivity contribution in [2.24, 2.45) is 0 Å². The van der Waals surface area contributed by atoms with Crippen LogP contribution in [0.1, 0.15) is 11.4 Å².